The van der Waals surface area contributed by atoms with E-state index in [1.807, 2.05) is 0 Å². The fourth-order valence-electron chi connectivity index (χ4n) is 8.75. The summed E-state index contributed by atoms with van der Waals surface area (Å²) in [6, 6.07) is 0. The normalized spacial score (nSPS) is 39.0. The molecule has 4 atom stereocenters. The highest BCUT2D eigenvalue weighted by atomic mass is 14.6. The zero-order valence-corrected chi connectivity index (χ0v) is 22.0. The van der Waals surface area contributed by atoms with Crippen molar-refractivity contribution in [1.29, 1.82) is 0 Å². The van der Waals surface area contributed by atoms with E-state index in [9.17, 15) is 0 Å². The van der Waals surface area contributed by atoms with Gasteiger partial charge in [-0.25, -0.2) is 0 Å². The predicted octanol–water partition coefficient (Wildman–Crippen LogP) is 11.0. The van der Waals surface area contributed by atoms with E-state index in [1.165, 1.54) is 128 Å². The minimum Gasteiger partial charge on any atom is -0.0654 e. The van der Waals surface area contributed by atoms with E-state index in [0.717, 1.165) is 5.92 Å². The average Bonchev–Trinajstić information content (AvgIpc) is 3.16. The third-order valence-electron chi connectivity index (χ3n) is 10.4. The van der Waals surface area contributed by atoms with E-state index in [0.29, 0.717) is 16.2 Å². The maximum absolute atomic E-state index is 2.76. The fourth-order valence-corrected chi connectivity index (χ4v) is 8.75. The third kappa shape index (κ3) is 7.24. The first kappa shape index (κ1) is 25.6. The van der Waals surface area contributed by atoms with Crippen molar-refractivity contribution in [2.75, 3.05) is 0 Å². The first-order chi connectivity index (χ1) is 15.0. The molecule has 0 heterocycles. The van der Waals surface area contributed by atoms with Crippen LogP contribution in [-0.2, 0) is 0 Å². The Morgan fingerprint density at radius 1 is 0.581 bits per heavy atom. The average molecular weight is 431 g/mol. The van der Waals surface area contributed by atoms with Crippen LogP contribution < -0.4 is 0 Å². The van der Waals surface area contributed by atoms with Crippen LogP contribution in [0.3, 0.4) is 0 Å². The molecule has 0 radical (unpaired) electrons. The molecule has 0 aromatic heterocycles. The number of hydrogen-bond donors (Lipinski definition) is 0. The second kappa shape index (κ2) is 12.5. The Labute approximate surface area is 197 Å². The fraction of sp³-hybridized carbons (Fsp3) is 1.00. The van der Waals surface area contributed by atoms with E-state index in [-0.39, 0.29) is 0 Å². The number of rotatable bonds is 6. The monoisotopic (exact) mass is 430 g/mol. The lowest BCUT2D eigenvalue weighted by Gasteiger charge is -2.51. The van der Waals surface area contributed by atoms with Gasteiger partial charge in [0.1, 0.15) is 0 Å². The van der Waals surface area contributed by atoms with Crippen molar-refractivity contribution < 1.29 is 0 Å². The van der Waals surface area contributed by atoms with Gasteiger partial charge < -0.3 is 0 Å². The number of unbranched alkanes of at least 4 members (excludes halogenated alkanes) is 3. The summed E-state index contributed by atoms with van der Waals surface area (Å²) in [5.74, 6) is 1.02. The van der Waals surface area contributed by atoms with Gasteiger partial charge in [-0.1, -0.05) is 124 Å². The smallest absolute Gasteiger partial charge is 0.0259 e. The molecule has 31 heavy (non-hydrogen) atoms. The van der Waals surface area contributed by atoms with E-state index in [4.69, 9.17) is 0 Å². The van der Waals surface area contributed by atoms with Crippen molar-refractivity contribution in [2.45, 2.75) is 175 Å². The summed E-state index contributed by atoms with van der Waals surface area (Å²) in [6.45, 7) is 7.86. The molecule has 0 saturated heterocycles. The van der Waals surface area contributed by atoms with Gasteiger partial charge in [-0.15, -0.1) is 0 Å². The minimum atomic E-state index is 0.620. The van der Waals surface area contributed by atoms with Gasteiger partial charge in [0.25, 0.3) is 0 Å². The molecule has 0 amide bonds. The van der Waals surface area contributed by atoms with Gasteiger partial charge in [-0.3, -0.25) is 0 Å². The molecule has 3 aliphatic rings. The Balaban J connectivity index is 1.86. The molecule has 0 aromatic rings. The lowest BCUT2D eigenvalue weighted by molar-refractivity contribution is -0.0146. The van der Waals surface area contributed by atoms with Crippen LogP contribution in [0.15, 0.2) is 0 Å². The van der Waals surface area contributed by atoms with Crippen LogP contribution >= 0.6 is 0 Å². The highest BCUT2D eigenvalue weighted by Crippen LogP contribution is 2.62. The van der Waals surface area contributed by atoms with Crippen LogP contribution in [0.25, 0.3) is 0 Å². The molecule has 0 aromatic carbocycles. The molecule has 0 aliphatic heterocycles. The highest BCUT2D eigenvalue weighted by Gasteiger charge is 2.51. The quantitative estimate of drug-likeness (QED) is 0.367. The van der Waals surface area contributed by atoms with Crippen molar-refractivity contribution in [1.82, 2.24) is 0 Å². The standard InChI is InChI=1S/C31H58/c1-4-5-6-16-23-30(3)24-19-20-28(30)31-25-17-11-9-7-8-10-14-21-29(2,27-31)22-15-12-13-18-26-31/h28H,4-27H2,1-3H3/t28?,29-,30-,31-/m0/s1. The molecule has 2 bridgehead atoms. The Morgan fingerprint density at radius 3 is 1.71 bits per heavy atom. The molecule has 1 unspecified atom stereocenters. The van der Waals surface area contributed by atoms with Crippen LogP contribution in [0.2, 0.25) is 0 Å². The molecular formula is C31H58. The van der Waals surface area contributed by atoms with Crippen LogP contribution in [0, 0.1) is 22.2 Å². The SMILES string of the molecule is CCCCCC[C@@]1(C)CCCC1[C@@]12CCCCCCCCC[C@@](C)(CCCCCC1)C2. The summed E-state index contributed by atoms with van der Waals surface area (Å²) in [6.07, 6.45) is 36.3. The van der Waals surface area contributed by atoms with Gasteiger partial charge in [0, 0.05) is 0 Å². The summed E-state index contributed by atoms with van der Waals surface area (Å²) < 4.78 is 0. The van der Waals surface area contributed by atoms with Gasteiger partial charge in [0.15, 0.2) is 0 Å². The van der Waals surface area contributed by atoms with Gasteiger partial charge in [0.05, 0.1) is 0 Å². The molecule has 0 N–H and O–H groups in total. The highest BCUT2D eigenvalue weighted by molar-refractivity contribution is 5.02. The zero-order chi connectivity index (χ0) is 22.0. The van der Waals surface area contributed by atoms with Crippen molar-refractivity contribution in [3.63, 3.8) is 0 Å². The first-order valence-electron chi connectivity index (χ1n) is 15.0. The topological polar surface area (TPSA) is 0 Å². The van der Waals surface area contributed by atoms with Gasteiger partial charge in [-0.05, 0) is 73.5 Å². The largest absolute Gasteiger partial charge is 0.0654 e. The molecule has 0 heteroatoms. The van der Waals surface area contributed by atoms with Crippen LogP contribution in [0.4, 0.5) is 0 Å². The molecule has 0 spiro atoms. The summed E-state index contributed by atoms with van der Waals surface area (Å²) in [4.78, 5) is 0. The number of hydrogen-bond acceptors (Lipinski definition) is 0. The van der Waals surface area contributed by atoms with E-state index < -0.39 is 0 Å². The van der Waals surface area contributed by atoms with Crippen LogP contribution in [0.1, 0.15) is 175 Å². The third-order valence-corrected chi connectivity index (χ3v) is 10.4. The van der Waals surface area contributed by atoms with Gasteiger partial charge in [0.2, 0.25) is 0 Å². The second-order valence-electron chi connectivity index (χ2n) is 13.1. The summed E-state index contributed by atoms with van der Waals surface area (Å²) in [5.41, 5.74) is 1.92. The second-order valence-corrected chi connectivity index (χ2v) is 13.1. The Morgan fingerprint density at radius 2 is 1.13 bits per heavy atom. The van der Waals surface area contributed by atoms with Crippen molar-refractivity contribution >= 4 is 0 Å². The van der Waals surface area contributed by atoms with Crippen LogP contribution in [0.5, 0.6) is 0 Å². The lowest BCUT2D eigenvalue weighted by Crippen LogP contribution is -2.42. The Bertz CT molecular complexity index is 494. The van der Waals surface area contributed by atoms with E-state index >= 15 is 0 Å². The molecule has 182 valence electrons. The van der Waals surface area contributed by atoms with E-state index in [2.05, 4.69) is 20.8 Å². The van der Waals surface area contributed by atoms with E-state index in [1.54, 1.807) is 25.7 Å². The molecule has 3 saturated carbocycles. The minimum absolute atomic E-state index is 0.620. The van der Waals surface area contributed by atoms with Gasteiger partial charge in [-0.2, -0.15) is 0 Å². The summed E-state index contributed by atoms with van der Waals surface area (Å²) in [5, 5.41) is 0. The molecule has 3 aliphatic carbocycles. The molecule has 3 fully saturated rings. The van der Waals surface area contributed by atoms with Crippen molar-refractivity contribution in [3.8, 4) is 0 Å². The maximum Gasteiger partial charge on any atom is -0.0259 e. The van der Waals surface area contributed by atoms with Crippen molar-refractivity contribution in [2.24, 2.45) is 22.2 Å². The number of fused-ring (bicyclic) bond motifs is 2. The van der Waals surface area contributed by atoms with Crippen molar-refractivity contribution in [3.05, 3.63) is 0 Å². The lowest BCUT2D eigenvalue weighted by atomic mass is 9.53. The molecule has 0 nitrogen and oxygen atoms in total. The zero-order valence-electron chi connectivity index (χ0n) is 22.0. The van der Waals surface area contributed by atoms with Crippen LogP contribution in [-0.4, -0.2) is 0 Å². The predicted molar refractivity (Wildman–Crippen MR) is 139 cm³/mol. The molecule has 3 rings (SSSR count). The maximum atomic E-state index is 2.76. The van der Waals surface area contributed by atoms with Gasteiger partial charge >= 0.3 is 0 Å². The molecular weight excluding hydrogens is 372 g/mol. The Hall–Kier alpha value is 0. The summed E-state index contributed by atoms with van der Waals surface area (Å²) in [7, 11) is 0. The Kier molecular flexibility index (Phi) is 10.3. The summed E-state index contributed by atoms with van der Waals surface area (Å²) >= 11 is 0. The first-order valence-corrected chi connectivity index (χ1v) is 15.0.